The van der Waals surface area contributed by atoms with Gasteiger partial charge < -0.3 is 10.6 Å². The van der Waals surface area contributed by atoms with Gasteiger partial charge in [-0.2, -0.15) is 0 Å². The van der Waals surface area contributed by atoms with Crippen LogP contribution in [-0.2, 0) is 12.8 Å². The monoisotopic (exact) mass is 392 g/mol. The van der Waals surface area contributed by atoms with Crippen LogP contribution >= 0.6 is 11.3 Å². The van der Waals surface area contributed by atoms with Crippen LogP contribution in [0.15, 0.2) is 42.5 Å². The Morgan fingerprint density at radius 3 is 2.68 bits per heavy atom. The second-order valence-corrected chi connectivity index (χ2v) is 8.79. The van der Waals surface area contributed by atoms with Crippen LogP contribution in [0.5, 0.6) is 0 Å². The van der Waals surface area contributed by atoms with Gasteiger partial charge in [-0.3, -0.25) is 9.69 Å². The van der Waals surface area contributed by atoms with Crippen molar-refractivity contribution in [3.05, 3.63) is 59.2 Å². The van der Waals surface area contributed by atoms with Crippen molar-refractivity contribution in [2.24, 2.45) is 0 Å². The molecule has 6 heteroatoms. The van der Waals surface area contributed by atoms with E-state index in [2.05, 4.69) is 34.1 Å². The zero-order chi connectivity index (χ0) is 19.1. The van der Waals surface area contributed by atoms with E-state index in [0.717, 1.165) is 49.2 Å². The molecule has 0 radical (unpaired) electrons. The number of nitrogens with zero attached hydrogens (tertiary/aromatic N) is 3. The normalized spacial score (nSPS) is 20.3. The molecule has 28 heavy (non-hydrogen) atoms. The number of fused-ring (bicyclic) bond motifs is 2. The van der Waals surface area contributed by atoms with E-state index in [4.69, 9.17) is 5.73 Å². The van der Waals surface area contributed by atoms with Crippen molar-refractivity contribution in [1.82, 2.24) is 14.8 Å². The van der Waals surface area contributed by atoms with Gasteiger partial charge in [-0.05, 0) is 48.6 Å². The van der Waals surface area contributed by atoms with Crippen LogP contribution in [0.2, 0.25) is 0 Å². The molecule has 1 aromatic heterocycles. The Labute approximate surface area is 168 Å². The Kier molecular flexibility index (Phi) is 4.53. The number of piperazine rings is 1. The minimum absolute atomic E-state index is 0.0992. The van der Waals surface area contributed by atoms with Crippen molar-refractivity contribution in [1.29, 1.82) is 0 Å². The summed E-state index contributed by atoms with van der Waals surface area (Å²) < 4.78 is 1.02. The van der Waals surface area contributed by atoms with E-state index in [1.807, 2.05) is 23.1 Å². The van der Waals surface area contributed by atoms with Crippen molar-refractivity contribution in [2.75, 3.05) is 31.9 Å². The number of benzene rings is 2. The molecule has 1 unspecified atom stereocenters. The fraction of sp³-hybridized carbons (Fsp3) is 0.364. The number of carbonyl (C=O) groups excluding carboxylic acids is 1. The molecule has 1 fully saturated rings. The molecule has 1 atom stereocenters. The number of nitrogen functional groups attached to an aromatic ring is 1. The van der Waals surface area contributed by atoms with Crippen molar-refractivity contribution in [3.63, 3.8) is 0 Å². The zero-order valence-electron chi connectivity index (χ0n) is 15.8. The highest BCUT2D eigenvalue weighted by molar-refractivity contribution is 7.22. The van der Waals surface area contributed by atoms with Gasteiger partial charge in [0.2, 0.25) is 0 Å². The summed E-state index contributed by atoms with van der Waals surface area (Å²) in [6.45, 7) is 3.47. The van der Waals surface area contributed by atoms with Crippen LogP contribution in [0.1, 0.15) is 27.9 Å². The van der Waals surface area contributed by atoms with E-state index in [1.54, 1.807) is 0 Å². The van der Waals surface area contributed by atoms with Gasteiger partial charge in [0, 0.05) is 37.8 Å². The molecule has 2 N–H and O–H groups in total. The van der Waals surface area contributed by atoms with Gasteiger partial charge in [0.25, 0.3) is 5.91 Å². The SMILES string of the molecule is Nc1nc2cc(C(=O)N3CCN(C4CCc5ccccc5C4)CC3)ccc2s1. The molecule has 2 aliphatic rings. The van der Waals surface area contributed by atoms with Crippen molar-refractivity contribution in [2.45, 2.75) is 25.3 Å². The second kappa shape index (κ2) is 7.18. The third-order valence-corrected chi connectivity index (χ3v) is 6.96. The molecule has 1 saturated heterocycles. The highest BCUT2D eigenvalue weighted by Gasteiger charge is 2.29. The first kappa shape index (κ1) is 17.6. The summed E-state index contributed by atoms with van der Waals surface area (Å²) >= 11 is 1.45. The topological polar surface area (TPSA) is 62.5 Å². The van der Waals surface area contributed by atoms with E-state index in [0.29, 0.717) is 16.7 Å². The molecule has 144 valence electrons. The Hall–Kier alpha value is -2.44. The number of aromatic nitrogens is 1. The van der Waals surface area contributed by atoms with E-state index in [-0.39, 0.29) is 5.91 Å². The standard InChI is InChI=1S/C22H24N4OS/c23-22-24-19-14-17(6-8-20(19)28-22)21(27)26-11-9-25(10-12-26)18-7-5-15-3-1-2-4-16(15)13-18/h1-4,6,8,14,18H,5,7,9-13H2,(H2,23,24). The predicted molar refractivity (Wildman–Crippen MR) is 114 cm³/mol. The summed E-state index contributed by atoms with van der Waals surface area (Å²) in [7, 11) is 0. The van der Waals surface area contributed by atoms with Crippen molar-refractivity contribution >= 4 is 32.6 Å². The van der Waals surface area contributed by atoms with E-state index in [1.165, 1.54) is 28.9 Å². The molecular formula is C22H24N4OS. The minimum atomic E-state index is 0.0992. The number of nitrogens with two attached hydrogens (primary N) is 1. The highest BCUT2D eigenvalue weighted by Crippen LogP contribution is 2.27. The maximum Gasteiger partial charge on any atom is 0.254 e. The maximum atomic E-state index is 12.9. The number of thiazole rings is 1. The number of amides is 1. The van der Waals surface area contributed by atoms with Crippen LogP contribution < -0.4 is 5.73 Å². The molecule has 0 saturated carbocycles. The number of aryl methyl sites for hydroxylation is 1. The first-order chi connectivity index (χ1) is 13.7. The lowest BCUT2D eigenvalue weighted by molar-refractivity contribution is 0.0553. The lowest BCUT2D eigenvalue weighted by Crippen LogP contribution is -2.53. The number of carbonyl (C=O) groups is 1. The Bertz CT molecular complexity index is 1020. The molecule has 1 amide bonds. The third-order valence-electron chi connectivity index (χ3n) is 6.09. The maximum absolute atomic E-state index is 12.9. The zero-order valence-corrected chi connectivity index (χ0v) is 16.6. The summed E-state index contributed by atoms with van der Waals surface area (Å²) in [5.41, 5.74) is 10.3. The quantitative estimate of drug-likeness (QED) is 0.728. The van der Waals surface area contributed by atoms with Gasteiger partial charge in [0.1, 0.15) is 0 Å². The molecular weight excluding hydrogens is 368 g/mol. The van der Waals surface area contributed by atoms with Gasteiger partial charge in [0.05, 0.1) is 10.2 Å². The highest BCUT2D eigenvalue weighted by atomic mass is 32.1. The first-order valence-corrected chi connectivity index (χ1v) is 10.8. The summed E-state index contributed by atoms with van der Waals surface area (Å²) in [5.74, 6) is 0.0992. The first-order valence-electron chi connectivity index (χ1n) is 9.93. The Morgan fingerprint density at radius 2 is 1.86 bits per heavy atom. The van der Waals surface area contributed by atoms with E-state index < -0.39 is 0 Å². The van der Waals surface area contributed by atoms with E-state index >= 15 is 0 Å². The van der Waals surface area contributed by atoms with Crippen molar-refractivity contribution < 1.29 is 4.79 Å². The second-order valence-electron chi connectivity index (χ2n) is 7.73. The smallest absolute Gasteiger partial charge is 0.254 e. The minimum Gasteiger partial charge on any atom is -0.375 e. The summed E-state index contributed by atoms with van der Waals surface area (Å²) in [5, 5.41) is 0.544. The molecule has 5 nitrogen and oxygen atoms in total. The van der Waals surface area contributed by atoms with E-state index in [9.17, 15) is 4.79 Å². The summed E-state index contributed by atoms with van der Waals surface area (Å²) in [6.07, 6.45) is 3.51. The molecule has 5 rings (SSSR count). The molecule has 0 spiro atoms. The number of rotatable bonds is 2. The fourth-order valence-corrected chi connectivity index (χ4v) is 5.26. The fourth-order valence-electron chi connectivity index (χ4n) is 4.54. The molecule has 3 aromatic rings. The van der Waals surface area contributed by atoms with Crippen LogP contribution in [0.4, 0.5) is 5.13 Å². The molecule has 0 bridgehead atoms. The van der Waals surface area contributed by atoms with Crippen molar-refractivity contribution in [3.8, 4) is 0 Å². The largest absolute Gasteiger partial charge is 0.375 e. The van der Waals surface area contributed by atoms with Crippen LogP contribution in [0.25, 0.3) is 10.2 Å². The van der Waals surface area contributed by atoms with Gasteiger partial charge >= 0.3 is 0 Å². The van der Waals surface area contributed by atoms with Gasteiger partial charge in [-0.1, -0.05) is 35.6 Å². The molecule has 1 aliphatic heterocycles. The van der Waals surface area contributed by atoms with Gasteiger partial charge in [-0.15, -0.1) is 0 Å². The number of hydrogen-bond donors (Lipinski definition) is 1. The molecule has 2 heterocycles. The molecule has 1 aliphatic carbocycles. The Morgan fingerprint density at radius 1 is 1.07 bits per heavy atom. The summed E-state index contributed by atoms with van der Waals surface area (Å²) in [4.78, 5) is 21.8. The van der Waals surface area contributed by atoms with Gasteiger partial charge in [0.15, 0.2) is 5.13 Å². The van der Waals surface area contributed by atoms with Crippen LogP contribution in [0.3, 0.4) is 0 Å². The Balaban J connectivity index is 1.23. The average Bonchev–Trinajstić information content (AvgIpc) is 3.12. The number of hydrogen-bond acceptors (Lipinski definition) is 5. The third kappa shape index (κ3) is 3.27. The van der Waals surface area contributed by atoms with Crippen LogP contribution in [-0.4, -0.2) is 52.9 Å². The number of anilines is 1. The van der Waals surface area contributed by atoms with Crippen LogP contribution in [0, 0.1) is 0 Å². The van der Waals surface area contributed by atoms with Gasteiger partial charge in [-0.25, -0.2) is 4.98 Å². The average molecular weight is 393 g/mol. The molecule has 2 aromatic carbocycles. The lowest BCUT2D eigenvalue weighted by Gasteiger charge is -2.41. The predicted octanol–water partition coefficient (Wildman–Crippen LogP) is 3.19. The lowest BCUT2D eigenvalue weighted by atomic mass is 9.87. The summed E-state index contributed by atoms with van der Waals surface area (Å²) in [6, 6.07) is 15.1.